The van der Waals surface area contributed by atoms with E-state index in [0.717, 1.165) is 37.4 Å². The second kappa shape index (κ2) is 9.70. The Morgan fingerprint density at radius 3 is 2.70 bits per heavy atom. The first kappa shape index (κ1) is 22.4. The molecule has 2 N–H and O–H groups in total. The van der Waals surface area contributed by atoms with Crippen molar-refractivity contribution in [2.75, 3.05) is 26.7 Å². The van der Waals surface area contributed by atoms with Crippen molar-refractivity contribution in [1.82, 2.24) is 14.9 Å². The highest BCUT2D eigenvalue weighted by molar-refractivity contribution is 7.89. The molecule has 1 aliphatic rings. The summed E-state index contributed by atoms with van der Waals surface area (Å²) in [5.41, 5.74) is 3.26. The van der Waals surface area contributed by atoms with E-state index in [-0.39, 0.29) is 16.9 Å². The van der Waals surface area contributed by atoms with Crippen molar-refractivity contribution >= 4 is 15.9 Å². The summed E-state index contributed by atoms with van der Waals surface area (Å²) in [7, 11) is -2.26. The van der Waals surface area contributed by atoms with Gasteiger partial charge in [0, 0.05) is 31.7 Å². The van der Waals surface area contributed by atoms with E-state index in [4.69, 9.17) is 4.74 Å². The molecule has 0 aliphatic carbocycles. The number of ether oxygens (including phenoxy) is 1. The third-order valence-electron chi connectivity index (χ3n) is 5.21. The van der Waals surface area contributed by atoms with Crippen molar-refractivity contribution in [3.05, 3.63) is 64.7 Å². The SMILES string of the molecule is CNS(=O)(=O)c1ccc(C)c(C(=O)NCc2cccc(CN3CCOC(C)C3)c2)c1. The van der Waals surface area contributed by atoms with Crippen LogP contribution < -0.4 is 10.0 Å². The summed E-state index contributed by atoms with van der Waals surface area (Å²) in [6.07, 6.45) is 0.243. The Morgan fingerprint density at radius 2 is 1.97 bits per heavy atom. The lowest BCUT2D eigenvalue weighted by molar-refractivity contribution is -0.0212. The van der Waals surface area contributed by atoms with Gasteiger partial charge in [0.2, 0.25) is 10.0 Å². The fraction of sp³-hybridized carbons (Fsp3) is 0.409. The van der Waals surface area contributed by atoms with Crippen LogP contribution >= 0.6 is 0 Å². The zero-order chi connectivity index (χ0) is 21.7. The lowest BCUT2D eigenvalue weighted by Gasteiger charge is -2.31. The Balaban J connectivity index is 1.66. The zero-order valence-corrected chi connectivity index (χ0v) is 18.5. The third-order valence-corrected chi connectivity index (χ3v) is 6.62. The van der Waals surface area contributed by atoms with Gasteiger partial charge in [0.25, 0.3) is 5.91 Å². The van der Waals surface area contributed by atoms with E-state index < -0.39 is 10.0 Å². The summed E-state index contributed by atoms with van der Waals surface area (Å²) in [4.78, 5) is 15.1. The van der Waals surface area contributed by atoms with Crippen LogP contribution in [0.4, 0.5) is 0 Å². The van der Waals surface area contributed by atoms with Crippen molar-refractivity contribution in [2.24, 2.45) is 0 Å². The van der Waals surface area contributed by atoms with Gasteiger partial charge in [-0.3, -0.25) is 9.69 Å². The van der Waals surface area contributed by atoms with Crippen molar-refractivity contribution < 1.29 is 17.9 Å². The summed E-state index contributed by atoms with van der Waals surface area (Å²) in [5, 5.41) is 2.90. The van der Waals surface area contributed by atoms with Gasteiger partial charge in [-0.1, -0.05) is 30.3 Å². The summed E-state index contributed by atoms with van der Waals surface area (Å²) < 4.78 is 31.9. The molecule has 2 aromatic carbocycles. The number of benzene rings is 2. The van der Waals surface area contributed by atoms with Crippen LogP contribution in [0.25, 0.3) is 0 Å². The number of morpholine rings is 1. The van der Waals surface area contributed by atoms with Gasteiger partial charge in [0.05, 0.1) is 17.6 Å². The molecule has 0 spiro atoms. The molecule has 1 aliphatic heterocycles. The smallest absolute Gasteiger partial charge is 0.251 e. The molecule has 1 amide bonds. The Kier molecular flexibility index (Phi) is 7.25. The normalized spacial score (nSPS) is 17.6. The first-order valence-corrected chi connectivity index (χ1v) is 11.5. The molecule has 1 saturated heterocycles. The molecule has 7 nitrogen and oxygen atoms in total. The first-order chi connectivity index (χ1) is 14.3. The molecule has 1 heterocycles. The molecule has 1 unspecified atom stereocenters. The Morgan fingerprint density at radius 1 is 1.20 bits per heavy atom. The van der Waals surface area contributed by atoms with Crippen LogP contribution in [0.3, 0.4) is 0 Å². The van der Waals surface area contributed by atoms with Gasteiger partial charge in [-0.15, -0.1) is 0 Å². The maximum atomic E-state index is 12.7. The van der Waals surface area contributed by atoms with E-state index in [1.54, 1.807) is 13.0 Å². The van der Waals surface area contributed by atoms with E-state index in [0.29, 0.717) is 12.1 Å². The second-order valence-electron chi connectivity index (χ2n) is 7.60. The van der Waals surface area contributed by atoms with Gasteiger partial charge in [0.15, 0.2) is 0 Å². The maximum Gasteiger partial charge on any atom is 0.251 e. The zero-order valence-electron chi connectivity index (χ0n) is 17.6. The minimum atomic E-state index is -3.61. The van der Waals surface area contributed by atoms with Crippen molar-refractivity contribution in [3.8, 4) is 0 Å². The number of nitrogens with zero attached hydrogens (tertiary/aromatic N) is 1. The lowest BCUT2D eigenvalue weighted by Crippen LogP contribution is -2.40. The number of sulfonamides is 1. The number of carbonyl (C=O) groups excluding carboxylic acids is 1. The Bertz CT molecular complexity index is 1010. The van der Waals surface area contributed by atoms with Crippen LogP contribution in [0.15, 0.2) is 47.4 Å². The number of amides is 1. The topological polar surface area (TPSA) is 87.7 Å². The molecule has 0 saturated carbocycles. The highest BCUT2D eigenvalue weighted by atomic mass is 32.2. The summed E-state index contributed by atoms with van der Waals surface area (Å²) >= 11 is 0. The van der Waals surface area contributed by atoms with Crippen LogP contribution in [-0.2, 0) is 27.8 Å². The van der Waals surface area contributed by atoms with Crippen molar-refractivity contribution in [2.45, 2.75) is 37.9 Å². The third kappa shape index (κ3) is 5.66. The molecule has 8 heteroatoms. The minimum Gasteiger partial charge on any atom is -0.376 e. The summed E-state index contributed by atoms with van der Waals surface area (Å²) in [6, 6.07) is 12.7. The fourth-order valence-electron chi connectivity index (χ4n) is 3.54. The van der Waals surface area contributed by atoms with Crippen LogP contribution in [-0.4, -0.2) is 52.1 Å². The van der Waals surface area contributed by atoms with Crippen LogP contribution in [0.1, 0.15) is 34.0 Å². The number of aryl methyl sites for hydroxylation is 1. The van der Waals surface area contributed by atoms with Gasteiger partial charge in [0.1, 0.15) is 0 Å². The standard InChI is InChI=1S/C22H29N3O4S/c1-16-7-8-20(30(27,28)23-3)12-21(16)22(26)24-13-18-5-4-6-19(11-18)15-25-9-10-29-17(2)14-25/h4-8,11-12,17,23H,9-10,13-15H2,1-3H3,(H,24,26). The van der Waals surface area contributed by atoms with Crippen LogP contribution in [0.2, 0.25) is 0 Å². The molecule has 0 aromatic heterocycles. The molecular formula is C22H29N3O4S. The monoisotopic (exact) mass is 431 g/mol. The van der Waals surface area contributed by atoms with E-state index in [2.05, 4.69) is 34.0 Å². The molecule has 0 radical (unpaired) electrons. The fourth-order valence-corrected chi connectivity index (χ4v) is 4.29. The second-order valence-corrected chi connectivity index (χ2v) is 9.49. The Hall–Kier alpha value is -2.26. The molecule has 1 atom stereocenters. The van der Waals surface area contributed by atoms with Gasteiger partial charge in [-0.25, -0.2) is 13.1 Å². The van der Waals surface area contributed by atoms with E-state index in [1.165, 1.54) is 24.7 Å². The predicted molar refractivity (Wildman–Crippen MR) is 116 cm³/mol. The quantitative estimate of drug-likeness (QED) is 0.701. The highest BCUT2D eigenvalue weighted by Gasteiger charge is 2.18. The Labute approximate surface area is 178 Å². The minimum absolute atomic E-state index is 0.0717. The van der Waals surface area contributed by atoms with Crippen LogP contribution in [0, 0.1) is 6.92 Å². The number of hydrogen-bond donors (Lipinski definition) is 2. The van der Waals surface area contributed by atoms with Crippen molar-refractivity contribution in [3.63, 3.8) is 0 Å². The summed E-state index contributed by atoms with van der Waals surface area (Å²) in [5.74, 6) is -0.298. The van der Waals surface area contributed by atoms with Gasteiger partial charge in [-0.05, 0) is 49.7 Å². The summed E-state index contributed by atoms with van der Waals surface area (Å²) in [6.45, 7) is 7.65. The van der Waals surface area contributed by atoms with Gasteiger partial charge >= 0.3 is 0 Å². The number of carbonyl (C=O) groups is 1. The van der Waals surface area contributed by atoms with E-state index in [9.17, 15) is 13.2 Å². The average Bonchev–Trinajstić information content (AvgIpc) is 2.72. The maximum absolute atomic E-state index is 12.7. The number of rotatable bonds is 7. The largest absolute Gasteiger partial charge is 0.376 e. The first-order valence-electron chi connectivity index (χ1n) is 10.0. The highest BCUT2D eigenvalue weighted by Crippen LogP contribution is 2.16. The van der Waals surface area contributed by atoms with Crippen molar-refractivity contribution in [1.29, 1.82) is 0 Å². The average molecular weight is 432 g/mol. The predicted octanol–water partition coefficient (Wildman–Crippen LogP) is 2.05. The van der Waals surface area contributed by atoms with E-state index >= 15 is 0 Å². The lowest BCUT2D eigenvalue weighted by atomic mass is 10.1. The molecule has 1 fully saturated rings. The molecule has 30 heavy (non-hydrogen) atoms. The molecule has 2 aromatic rings. The molecular weight excluding hydrogens is 402 g/mol. The van der Waals surface area contributed by atoms with Crippen LogP contribution in [0.5, 0.6) is 0 Å². The van der Waals surface area contributed by atoms with Gasteiger partial charge in [-0.2, -0.15) is 0 Å². The number of hydrogen-bond acceptors (Lipinski definition) is 5. The number of nitrogens with one attached hydrogen (secondary N) is 2. The molecule has 0 bridgehead atoms. The van der Waals surface area contributed by atoms with Gasteiger partial charge < -0.3 is 10.1 Å². The van der Waals surface area contributed by atoms with E-state index in [1.807, 2.05) is 12.1 Å². The molecule has 162 valence electrons. The molecule has 3 rings (SSSR count).